The molecule has 0 radical (unpaired) electrons. The average Bonchev–Trinajstić information content (AvgIpc) is 2.35. The van der Waals surface area contributed by atoms with Gasteiger partial charge in [-0.3, -0.25) is 19.7 Å². The molecule has 0 bridgehead atoms. The number of alkyl halides is 1. The number of hydrogen-bond donors (Lipinski definition) is 0. The van der Waals surface area contributed by atoms with Crippen molar-refractivity contribution in [2.24, 2.45) is 0 Å². The molecule has 17 heavy (non-hydrogen) atoms. The number of carbonyl (C=O) groups is 2. The third-order valence-electron chi connectivity index (χ3n) is 2.09. The third-order valence-corrected chi connectivity index (χ3v) is 2.34. The molecule has 0 aliphatic heterocycles. The van der Waals surface area contributed by atoms with Crippen LogP contribution in [0.2, 0.25) is 0 Å². The molecule has 0 atom stereocenters. The summed E-state index contributed by atoms with van der Waals surface area (Å²) in [6.07, 6.45) is 0.308. The highest BCUT2D eigenvalue weighted by atomic mass is 35.5. The van der Waals surface area contributed by atoms with Crippen molar-refractivity contribution in [2.45, 2.75) is 0 Å². The molecular formula is C10H8ClNO5. The summed E-state index contributed by atoms with van der Waals surface area (Å²) in [7, 11) is 1.27. The maximum absolute atomic E-state index is 11.4. The van der Waals surface area contributed by atoms with Crippen molar-refractivity contribution < 1.29 is 19.2 Å². The second-order valence-corrected chi connectivity index (χ2v) is 3.31. The molecule has 0 unspecified atom stereocenters. The van der Waals surface area contributed by atoms with E-state index in [0.717, 1.165) is 12.1 Å². The van der Waals surface area contributed by atoms with Crippen LogP contribution in [0.25, 0.3) is 0 Å². The van der Waals surface area contributed by atoms with Crippen LogP contribution in [0.4, 0.5) is 5.69 Å². The lowest BCUT2D eigenvalue weighted by atomic mass is 10.1. The minimum atomic E-state index is -0.721. The highest BCUT2D eigenvalue weighted by Gasteiger charge is 2.21. The predicted octanol–water partition coefficient (Wildman–Crippen LogP) is 1.84. The molecule has 0 N–H and O–H groups in total. The third kappa shape index (κ3) is 2.59. The van der Waals surface area contributed by atoms with Gasteiger partial charge < -0.3 is 4.74 Å². The number of methoxy groups -OCH3 is 1. The van der Waals surface area contributed by atoms with Crippen molar-refractivity contribution in [2.75, 3.05) is 13.0 Å². The van der Waals surface area contributed by atoms with Crippen molar-refractivity contribution in [3.63, 3.8) is 0 Å². The largest absolute Gasteiger partial charge is 0.496 e. The lowest BCUT2D eigenvalue weighted by Gasteiger charge is -2.07. The molecule has 6 nitrogen and oxygen atoms in total. The topological polar surface area (TPSA) is 86.5 Å². The van der Waals surface area contributed by atoms with E-state index in [0.29, 0.717) is 6.29 Å². The van der Waals surface area contributed by atoms with Crippen molar-refractivity contribution in [3.8, 4) is 5.75 Å². The molecule has 0 aromatic heterocycles. The number of Topliss-reactive ketones (excluding diaryl/α,β-unsaturated/α-hetero) is 1. The number of ether oxygens (including phenoxy) is 1. The fourth-order valence-corrected chi connectivity index (χ4v) is 1.44. The first kappa shape index (κ1) is 13.1. The molecule has 0 saturated carbocycles. The van der Waals surface area contributed by atoms with Gasteiger partial charge in [-0.15, -0.1) is 11.6 Å². The zero-order chi connectivity index (χ0) is 13.0. The first-order valence-electron chi connectivity index (χ1n) is 4.46. The number of nitrogens with zero attached hydrogens (tertiary/aromatic N) is 1. The van der Waals surface area contributed by atoms with Gasteiger partial charge in [-0.1, -0.05) is 0 Å². The molecule has 0 amide bonds. The molecule has 7 heteroatoms. The van der Waals surface area contributed by atoms with Crippen LogP contribution in [0, 0.1) is 10.1 Å². The predicted molar refractivity (Wildman–Crippen MR) is 60.1 cm³/mol. The summed E-state index contributed by atoms with van der Waals surface area (Å²) in [4.78, 5) is 32.1. The highest BCUT2D eigenvalue weighted by molar-refractivity contribution is 6.31. The Morgan fingerprint density at radius 2 is 2.24 bits per heavy atom. The Hall–Kier alpha value is -1.95. The summed E-state index contributed by atoms with van der Waals surface area (Å²) >= 11 is 5.39. The molecule has 0 heterocycles. The molecule has 0 aliphatic carbocycles. The molecule has 1 rings (SSSR count). The quantitative estimate of drug-likeness (QED) is 0.264. The maximum Gasteiger partial charge on any atom is 0.283 e. The molecule has 1 aromatic rings. The summed E-state index contributed by atoms with van der Waals surface area (Å²) in [5.74, 6) is -0.749. The maximum atomic E-state index is 11.4. The Balaban J connectivity index is 3.48. The summed E-state index contributed by atoms with van der Waals surface area (Å²) < 4.78 is 4.86. The number of benzene rings is 1. The van der Waals surface area contributed by atoms with Gasteiger partial charge in [0, 0.05) is 0 Å². The van der Waals surface area contributed by atoms with E-state index in [-0.39, 0.29) is 22.8 Å². The van der Waals surface area contributed by atoms with E-state index >= 15 is 0 Å². The molecule has 0 fully saturated rings. The molecule has 1 aromatic carbocycles. The van der Waals surface area contributed by atoms with Crippen LogP contribution in [0.15, 0.2) is 12.1 Å². The Labute approximate surface area is 101 Å². The number of ketones is 1. The lowest BCUT2D eigenvalue weighted by molar-refractivity contribution is -0.385. The van der Waals surface area contributed by atoms with Gasteiger partial charge in [0.05, 0.1) is 35.1 Å². The number of aldehydes is 1. The van der Waals surface area contributed by atoms with E-state index in [4.69, 9.17) is 16.3 Å². The summed E-state index contributed by atoms with van der Waals surface area (Å²) in [6.45, 7) is 0. The second-order valence-electron chi connectivity index (χ2n) is 3.04. The zero-order valence-electron chi connectivity index (χ0n) is 8.81. The summed E-state index contributed by atoms with van der Waals surface area (Å²) in [5.41, 5.74) is -0.553. The average molecular weight is 258 g/mol. The number of rotatable bonds is 5. The highest BCUT2D eigenvalue weighted by Crippen LogP contribution is 2.28. The smallest absolute Gasteiger partial charge is 0.283 e. The van der Waals surface area contributed by atoms with E-state index < -0.39 is 16.4 Å². The van der Waals surface area contributed by atoms with Gasteiger partial charge in [-0.2, -0.15) is 0 Å². The number of nitro benzene ring substituents is 1. The van der Waals surface area contributed by atoms with Crippen LogP contribution in [-0.2, 0) is 0 Å². The molecular weight excluding hydrogens is 250 g/mol. The fraction of sp³-hybridized carbons (Fsp3) is 0.200. The van der Waals surface area contributed by atoms with Gasteiger partial charge in [-0.05, 0) is 6.07 Å². The van der Waals surface area contributed by atoms with Crippen LogP contribution in [0.5, 0.6) is 5.75 Å². The van der Waals surface area contributed by atoms with Crippen LogP contribution in [0.1, 0.15) is 20.7 Å². The van der Waals surface area contributed by atoms with Crippen molar-refractivity contribution in [3.05, 3.63) is 33.4 Å². The monoisotopic (exact) mass is 257 g/mol. The Bertz CT molecular complexity index is 486. The van der Waals surface area contributed by atoms with Gasteiger partial charge >= 0.3 is 0 Å². The number of halogens is 1. The Kier molecular flexibility index (Phi) is 4.17. The van der Waals surface area contributed by atoms with E-state index in [1.165, 1.54) is 7.11 Å². The van der Waals surface area contributed by atoms with Crippen LogP contribution in [-0.4, -0.2) is 30.0 Å². The van der Waals surface area contributed by atoms with Crippen molar-refractivity contribution in [1.29, 1.82) is 0 Å². The standard InChI is InChI=1S/C10H8ClNO5/c1-17-10-3-8(12(15)16)6(5-13)2-7(10)9(14)4-11/h2-3,5H,4H2,1H3. The van der Waals surface area contributed by atoms with E-state index in [1.54, 1.807) is 0 Å². The first-order chi connectivity index (χ1) is 8.04. The SMILES string of the molecule is COc1cc([N+](=O)[O-])c(C=O)cc1C(=O)CCl. The minimum Gasteiger partial charge on any atom is -0.496 e. The van der Waals surface area contributed by atoms with E-state index in [9.17, 15) is 19.7 Å². The molecule has 0 saturated heterocycles. The van der Waals surface area contributed by atoms with E-state index in [1.807, 2.05) is 0 Å². The van der Waals surface area contributed by atoms with Crippen molar-refractivity contribution >= 4 is 29.4 Å². The molecule has 90 valence electrons. The van der Waals surface area contributed by atoms with E-state index in [2.05, 4.69) is 0 Å². The van der Waals surface area contributed by atoms with Crippen molar-refractivity contribution in [1.82, 2.24) is 0 Å². The number of nitro groups is 1. The summed E-state index contributed by atoms with van der Waals surface area (Å²) in [5, 5.41) is 10.7. The fourth-order valence-electron chi connectivity index (χ4n) is 1.30. The minimum absolute atomic E-state index is 0.0213. The van der Waals surface area contributed by atoms with Crippen LogP contribution >= 0.6 is 11.6 Å². The Morgan fingerprint density at radius 3 is 2.65 bits per heavy atom. The van der Waals surface area contributed by atoms with Gasteiger partial charge in [0.25, 0.3) is 5.69 Å². The van der Waals surface area contributed by atoms with Crippen LogP contribution in [0.3, 0.4) is 0 Å². The van der Waals surface area contributed by atoms with Crippen LogP contribution < -0.4 is 4.74 Å². The van der Waals surface area contributed by atoms with Gasteiger partial charge in [0.1, 0.15) is 5.75 Å². The Morgan fingerprint density at radius 1 is 1.59 bits per heavy atom. The lowest BCUT2D eigenvalue weighted by Crippen LogP contribution is -2.06. The zero-order valence-corrected chi connectivity index (χ0v) is 9.56. The van der Waals surface area contributed by atoms with Gasteiger partial charge in [-0.25, -0.2) is 0 Å². The van der Waals surface area contributed by atoms with Gasteiger partial charge in [0.15, 0.2) is 12.1 Å². The number of hydrogen-bond acceptors (Lipinski definition) is 5. The molecule has 0 aliphatic rings. The normalized spacial score (nSPS) is 9.76. The number of carbonyl (C=O) groups excluding carboxylic acids is 2. The summed E-state index contributed by atoms with van der Waals surface area (Å²) in [6, 6.07) is 2.14. The van der Waals surface area contributed by atoms with Gasteiger partial charge in [0.2, 0.25) is 0 Å². The first-order valence-corrected chi connectivity index (χ1v) is 4.99. The molecule has 0 spiro atoms. The second kappa shape index (κ2) is 5.40.